The van der Waals surface area contributed by atoms with Crippen molar-refractivity contribution in [3.05, 3.63) is 35.4 Å². The van der Waals surface area contributed by atoms with Gasteiger partial charge in [0.15, 0.2) is 0 Å². The maximum absolute atomic E-state index is 5.99. The summed E-state index contributed by atoms with van der Waals surface area (Å²) >= 11 is 0. The van der Waals surface area contributed by atoms with Crippen molar-refractivity contribution in [3.63, 3.8) is 0 Å². The van der Waals surface area contributed by atoms with E-state index in [0.29, 0.717) is 0 Å². The number of rotatable bonds is 4. The molecule has 0 aliphatic carbocycles. The summed E-state index contributed by atoms with van der Waals surface area (Å²) in [6, 6.07) is 8.49. The minimum Gasteiger partial charge on any atom is -0.330 e. The van der Waals surface area contributed by atoms with E-state index in [9.17, 15) is 0 Å². The van der Waals surface area contributed by atoms with Crippen LogP contribution in [0.25, 0.3) is 0 Å². The molecule has 0 aromatic heterocycles. The molecule has 0 aliphatic heterocycles. The highest BCUT2D eigenvalue weighted by molar-refractivity contribution is 5.85. The summed E-state index contributed by atoms with van der Waals surface area (Å²) in [5.41, 5.74) is 13.9. The second kappa shape index (κ2) is 6.82. The van der Waals surface area contributed by atoms with Crippen molar-refractivity contribution < 1.29 is 0 Å². The van der Waals surface area contributed by atoms with E-state index in [1.807, 2.05) is 6.07 Å². The third-order valence-electron chi connectivity index (χ3n) is 2.19. The third-order valence-corrected chi connectivity index (χ3v) is 2.19. The van der Waals surface area contributed by atoms with Gasteiger partial charge < -0.3 is 11.5 Å². The number of aryl methyl sites for hydroxylation is 1. The topological polar surface area (TPSA) is 52.0 Å². The summed E-state index contributed by atoms with van der Waals surface area (Å²) in [6.45, 7) is 2.80. The summed E-state index contributed by atoms with van der Waals surface area (Å²) in [5.74, 6) is 0. The molecule has 1 aromatic carbocycles. The van der Waals surface area contributed by atoms with Crippen LogP contribution in [-0.2, 0) is 0 Å². The number of hydrogen-bond donors (Lipinski definition) is 2. The van der Waals surface area contributed by atoms with Gasteiger partial charge >= 0.3 is 0 Å². The molecule has 0 bridgehead atoms. The molecule has 0 heterocycles. The molecule has 0 unspecified atom stereocenters. The van der Waals surface area contributed by atoms with E-state index in [-0.39, 0.29) is 18.4 Å². The van der Waals surface area contributed by atoms with Crippen LogP contribution in [0.15, 0.2) is 24.3 Å². The predicted molar refractivity (Wildman–Crippen MR) is 63.6 cm³/mol. The highest BCUT2D eigenvalue weighted by atomic mass is 35.5. The smallest absolute Gasteiger partial charge is 0.0295 e. The lowest BCUT2D eigenvalue weighted by atomic mass is 10.0. The Morgan fingerprint density at radius 3 is 2.64 bits per heavy atom. The summed E-state index contributed by atoms with van der Waals surface area (Å²) in [4.78, 5) is 0. The molecule has 0 saturated heterocycles. The molecule has 1 rings (SSSR count). The van der Waals surface area contributed by atoms with E-state index < -0.39 is 0 Å². The first-order valence-electron chi connectivity index (χ1n) is 4.76. The van der Waals surface area contributed by atoms with Crippen LogP contribution in [0.1, 0.15) is 30.0 Å². The van der Waals surface area contributed by atoms with E-state index in [1.54, 1.807) is 0 Å². The van der Waals surface area contributed by atoms with E-state index in [1.165, 1.54) is 11.1 Å². The van der Waals surface area contributed by atoms with Gasteiger partial charge in [-0.25, -0.2) is 0 Å². The zero-order valence-electron chi connectivity index (χ0n) is 8.57. The Labute approximate surface area is 92.1 Å². The summed E-state index contributed by atoms with van der Waals surface area (Å²) in [6.07, 6.45) is 1.97. The Bertz CT molecular complexity index is 263. The minimum absolute atomic E-state index is 0. The Balaban J connectivity index is 0.00000169. The average molecular weight is 215 g/mol. The fourth-order valence-electron chi connectivity index (χ4n) is 1.41. The second-order valence-electron chi connectivity index (χ2n) is 3.45. The van der Waals surface area contributed by atoms with Crippen molar-refractivity contribution in [2.24, 2.45) is 11.5 Å². The molecule has 1 atom stereocenters. The Morgan fingerprint density at radius 2 is 2.07 bits per heavy atom. The molecule has 0 spiro atoms. The van der Waals surface area contributed by atoms with E-state index in [0.717, 1.165) is 19.4 Å². The van der Waals surface area contributed by atoms with Crippen LogP contribution >= 0.6 is 12.4 Å². The molecule has 1 aromatic rings. The fourth-order valence-corrected chi connectivity index (χ4v) is 1.41. The normalized spacial score (nSPS) is 11.9. The summed E-state index contributed by atoms with van der Waals surface area (Å²) < 4.78 is 0. The standard InChI is InChI=1S/C11H18N2.ClH/c1-9-4-2-5-10(8-9)11(13)6-3-7-12;/h2,4-5,8,11H,3,6-7,12-13H2,1H3;1H/t11-;/m1./s1. The largest absolute Gasteiger partial charge is 0.330 e. The molecule has 14 heavy (non-hydrogen) atoms. The van der Waals surface area contributed by atoms with Gasteiger partial charge in [-0.2, -0.15) is 0 Å². The summed E-state index contributed by atoms with van der Waals surface area (Å²) in [5, 5.41) is 0. The molecule has 0 saturated carbocycles. The third kappa shape index (κ3) is 4.09. The first kappa shape index (κ1) is 13.4. The monoisotopic (exact) mass is 214 g/mol. The van der Waals surface area contributed by atoms with Crippen LogP contribution in [0.4, 0.5) is 0 Å². The molecular weight excluding hydrogens is 196 g/mol. The van der Waals surface area contributed by atoms with Crippen LogP contribution < -0.4 is 11.5 Å². The van der Waals surface area contributed by atoms with Gasteiger partial charge in [0.2, 0.25) is 0 Å². The number of hydrogen-bond acceptors (Lipinski definition) is 2. The quantitative estimate of drug-likeness (QED) is 0.807. The number of benzene rings is 1. The zero-order chi connectivity index (χ0) is 9.68. The molecule has 3 heteroatoms. The molecule has 0 aliphatic rings. The van der Waals surface area contributed by atoms with Gasteiger partial charge in [-0.05, 0) is 31.9 Å². The van der Waals surface area contributed by atoms with Gasteiger partial charge in [0.25, 0.3) is 0 Å². The van der Waals surface area contributed by atoms with Crippen LogP contribution in [0.2, 0.25) is 0 Å². The Hall–Kier alpha value is -0.570. The van der Waals surface area contributed by atoms with Gasteiger partial charge in [0.1, 0.15) is 0 Å². The molecule has 4 N–H and O–H groups in total. The minimum atomic E-state index is 0. The van der Waals surface area contributed by atoms with Crippen LogP contribution in [0, 0.1) is 6.92 Å². The lowest BCUT2D eigenvalue weighted by Gasteiger charge is -2.11. The Kier molecular flexibility index (Phi) is 6.54. The summed E-state index contributed by atoms with van der Waals surface area (Å²) in [7, 11) is 0. The van der Waals surface area contributed by atoms with Gasteiger partial charge in [0, 0.05) is 6.04 Å². The lowest BCUT2D eigenvalue weighted by molar-refractivity contribution is 0.617. The first-order valence-corrected chi connectivity index (χ1v) is 4.76. The van der Waals surface area contributed by atoms with E-state index >= 15 is 0 Å². The SMILES string of the molecule is Cc1cccc([C@H](N)CCCN)c1.Cl. The maximum Gasteiger partial charge on any atom is 0.0295 e. The zero-order valence-corrected chi connectivity index (χ0v) is 9.39. The lowest BCUT2D eigenvalue weighted by Crippen LogP contribution is -2.12. The number of halogens is 1. The number of nitrogens with two attached hydrogens (primary N) is 2. The van der Waals surface area contributed by atoms with Crippen molar-refractivity contribution >= 4 is 12.4 Å². The first-order chi connectivity index (χ1) is 6.24. The van der Waals surface area contributed by atoms with E-state index in [2.05, 4.69) is 25.1 Å². The molecular formula is C11H19ClN2. The van der Waals surface area contributed by atoms with Gasteiger partial charge in [-0.15, -0.1) is 12.4 Å². The molecule has 2 nitrogen and oxygen atoms in total. The fraction of sp³-hybridized carbons (Fsp3) is 0.455. The maximum atomic E-state index is 5.99. The van der Waals surface area contributed by atoms with Gasteiger partial charge in [-0.1, -0.05) is 29.8 Å². The van der Waals surface area contributed by atoms with Crippen LogP contribution in [0.3, 0.4) is 0 Å². The van der Waals surface area contributed by atoms with Crippen molar-refractivity contribution in [1.29, 1.82) is 0 Å². The van der Waals surface area contributed by atoms with Gasteiger partial charge in [-0.3, -0.25) is 0 Å². The molecule has 0 amide bonds. The van der Waals surface area contributed by atoms with Crippen molar-refractivity contribution in [1.82, 2.24) is 0 Å². The second-order valence-corrected chi connectivity index (χ2v) is 3.45. The van der Waals surface area contributed by atoms with E-state index in [4.69, 9.17) is 11.5 Å². The van der Waals surface area contributed by atoms with Crippen molar-refractivity contribution in [2.45, 2.75) is 25.8 Å². The van der Waals surface area contributed by atoms with Crippen molar-refractivity contribution in [2.75, 3.05) is 6.54 Å². The molecule has 0 radical (unpaired) electrons. The van der Waals surface area contributed by atoms with Crippen LogP contribution in [0.5, 0.6) is 0 Å². The van der Waals surface area contributed by atoms with Crippen molar-refractivity contribution in [3.8, 4) is 0 Å². The Morgan fingerprint density at radius 1 is 1.36 bits per heavy atom. The highest BCUT2D eigenvalue weighted by Gasteiger charge is 2.04. The molecule has 80 valence electrons. The molecule has 0 fully saturated rings. The van der Waals surface area contributed by atoms with Gasteiger partial charge in [0.05, 0.1) is 0 Å². The average Bonchev–Trinajstić information content (AvgIpc) is 2.14. The predicted octanol–water partition coefficient (Wildman–Crippen LogP) is 2.16. The highest BCUT2D eigenvalue weighted by Crippen LogP contribution is 2.16. The van der Waals surface area contributed by atoms with Crippen LogP contribution in [-0.4, -0.2) is 6.54 Å².